The minimum atomic E-state index is 0.676. The number of hydrogen-bond acceptors (Lipinski definition) is 0. The van der Waals surface area contributed by atoms with Crippen molar-refractivity contribution in [2.24, 2.45) is 5.41 Å². The Bertz CT molecular complexity index is 431. The molecule has 0 amide bonds. The van der Waals surface area contributed by atoms with Crippen LogP contribution in [0.25, 0.3) is 0 Å². The van der Waals surface area contributed by atoms with Crippen LogP contribution in [0.1, 0.15) is 259 Å². The zero-order chi connectivity index (χ0) is 30.0. The minimum absolute atomic E-state index is 0.676. The highest BCUT2D eigenvalue weighted by molar-refractivity contribution is 4.80. The van der Waals surface area contributed by atoms with E-state index in [2.05, 4.69) is 27.7 Å². The predicted molar refractivity (Wildman–Crippen MR) is 191 cm³/mol. The molecule has 0 aromatic heterocycles. The monoisotopic (exact) mass is 577 g/mol. The summed E-state index contributed by atoms with van der Waals surface area (Å²) in [4.78, 5) is 0. The van der Waals surface area contributed by atoms with Crippen molar-refractivity contribution in [2.75, 3.05) is 0 Å². The maximum absolute atomic E-state index is 2.34. The Balaban J connectivity index is 4.80. The van der Waals surface area contributed by atoms with Crippen LogP contribution < -0.4 is 0 Å². The van der Waals surface area contributed by atoms with E-state index in [1.165, 1.54) is 205 Å². The first-order valence-electron chi connectivity index (χ1n) is 20.2. The van der Waals surface area contributed by atoms with Crippen LogP contribution in [-0.4, -0.2) is 0 Å². The second kappa shape index (κ2) is 34.5. The Morgan fingerprint density at radius 1 is 0.195 bits per heavy atom. The van der Waals surface area contributed by atoms with Crippen molar-refractivity contribution in [1.29, 1.82) is 0 Å². The average Bonchev–Trinajstić information content (AvgIpc) is 2.98. The quantitative estimate of drug-likeness (QED) is 0.0651. The molecular formula is C41H84. The standard InChI is InChI=1S/C41H84/c1-5-9-13-17-21-24-28-32-36-40-41(37-33-29-25-20-16-12-8-4,38-34-30-26-22-18-14-10-6-2)39-35-31-27-23-19-15-11-7-3/h5-40H2,1-4H3. The van der Waals surface area contributed by atoms with Crippen molar-refractivity contribution in [2.45, 2.75) is 259 Å². The van der Waals surface area contributed by atoms with E-state index < -0.39 is 0 Å². The van der Waals surface area contributed by atoms with E-state index in [-0.39, 0.29) is 0 Å². The van der Waals surface area contributed by atoms with Crippen molar-refractivity contribution in [3.8, 4) is 0 Å². The van der Waals surface area contributed by atoms with Crippen LogP contribution in [0.15, 0.2) is 0 Å². The summed E-state index contributed by atoms with van der Waals surface area (Å²) in [5.74, 6) is 0. The predicted octanol–water partition coefficient (Wildman–Crippen LogP) is 16.1. The van der Waals surface area contributed by atoms with Gasteiger partial charge in [0.1, 0.15) is 0 Å². The molecule has 0 aromatic rings. The van der Waals surface area contributed by atoms with Gasteiger partial charge in [-0.15, -0.1) is 0 Å². The second-order valence-electron chi connectivity index (χ2n) is 14.4. The third kappa shape index (κ3) is 29.8. The highest BCUT2D eigenvalue weighted by atomic mass is 14.3. The summed E-state index contributed by atoms with van der Waals surface area (Å²) in [7, 11) is 0. The SMILES string of the molecule is CCCCCCCCCCCC(CCCCCCCCC)(CCCCCCCCCC)CCCCCCCCCC. The van der Waals surface area contributed by atoms with E-state index in [9.17, 15) is 0 Å². The molecule has 0 bridgehead atoms. The zero-order valence-electron chi connectivity index (χ0n) is 30.0. The summed E-state index contributed by atoms with van der Waals surface area (Å²) >= 11 is 0. The molecule has 0 unspecified atom stereocenters. The lowest BCUT2D eigenvalue weighted by Crippen LogP contribution is -2.21. The van der Waals surface area contributed by atoms with E-state index in [4.69, 9.17) is 0 Å². The Kier molecular flexibility index (Phi) is 34.5. The van der Waals surface area contributed by atoms with Gasteiger partial charge in [0.15, 0.2) is 0 Å². The first kappa shape index (κ1) is 41.0. The van der Waals surface area contributed by atoms with Crippen LogP contribution in [0.2, 0.25) is 0 Å². The molecule has 0 rings (SSSR count). The summed E-state index contributed by atoms with van der Waals surface area (Å²) in [6.07, 6.45) is 53.2. The highest BCUT2D eigenvalue weighted by Crippen LogP contribution is 2.42. The molecule has 0 aromatic carbocycles. The molecule has 248 valence electrons. The van der Waals surface area contributed by atoms with Gasteiger partial charge < -0.3 is 0 Å². The number of unbranched alkanes of at least 4 members (excludes halogenated alkanes) is 28. The maximum Gasteiger partial charge on any atom is -0.0297 e. The molecule has 0 radical (unpaired) electrons. The van der Waals surface area contributed by atoms with Crippen LogP contribution >= 0.6 is 0 Å². The van der Waals surface area contributed by atoms with Gasteiger partial charge >= 0.3 is 0 Å². The van der Waals surface area contributed by atoms with Gasteiger partial charge in [-0.2, -0.15) is 0 Å². The summed E-state index contributed by atoms with van der Waals surface area (Å²) in [6, 6.07) is 0. The highest BCUT2D eigenvalue weighted by Gasteiger charge is 2.28. The largest absolute Gasteiger partial charge is 0.0654 e. The molecule has 0 atom stereocenters. The topological polar surface area (TPSA) is 0 Å². The molecule has 0 aliphatic carbocycles. The average molecular weight is 577 g/mol. The lowest BCUT2D eigenvalue weighted by atomic mass is 9.70. The fourth-order valence-electron chi connectivity index (χ4n) is 7.29. The molecule has 0 aliphatic heterocycles. The Labute approximate surface area is 263 Å². The minimum Gasteiger partial charge on any atom is -0.0654 e. The van der Waals surface area contributed by atoms with Gasteiger partial charge in [0.05, 0.1) is 0 Å². The summed E-state index contributed by atoms with van der Waals surface area (Å²) < 4.78 is 0. The molecule has 0 fully saturated rings. The molecule has 0 spiro atoms. The van der Waals surface area contributed by atoms with E-state index in [1.807, 2.05) is 0 Å². The van der Waals surface area contributed by atoms with Gasteiger partial charge in [-0.1, -0.05) is 233 Å². The van der Waals surface area contributed by atoms with Gasteiger partial charge in [0.25, 0.3) is 0 Å². The fourth-order valence-corrected chi connectivity index (χ4v) is 7.29. The normalized spacial score (nSPS) is 12.0. The summed E-state index contributed by atoms with van der Waals surface area (Å²) in [6.45, 7) is 9.35. The lowest BCUT2D eigenvalue weighted by Gasteiger charge is -2.35. The second-order valence-corrected chi connectivity index (χ2v) is 14.4. The van der Waals surface area contributed by atoms with E-state index in [0.717, 1.165) is 0 Å². The van der Waals surface area contributed by atoms with E-state index in [1.54, 1.807) is 25.7 Å². The van der Waals surface area contributed by atoms with Crippen LogP contribution in [0, 0.1) is 5.41 Å². The lowest BCUT2D eigenvalue weighted by molar-refractivity contribution is 0.171. The first-order valence-corrected chi connectivity index (χ1v) is 20.2. The maximum atomic E-state index is 2.34. The Morgan fingerprint density at radius 3 is 0.512 bits per heavy atom. The molecule has 0 heteroatoms. The molecule has 0 heterocycles. The van der Waals surface area contributed by atoms with Crippen molar-refractivity contribution >= 4 is 0 Å². The van der Waals surface area contributed by atoms with Gasteiger partial charge in [-0.3, -0.25) is 0 Å². The molecule has 0 nitrogen and oxygen atoms in total. The zero-order valence-corrected chi connectivity index (χ0v) is 30.0. The molecule has 41 heavy (non-hydrogen) atoms. The number of rotatable bonds is 36. The Hall–Kier alpha value is 0. The van der Waals surface area contributed by atoms with Gasteiger partial charge in [-0.05, 0) is 31.1 Å². The number of hydrogen-bond donors (Lipinski definition) is 0. The van der Waals surface area contributed by atoms with E-state index >= 15 is 0 Å². The van der Waals surface area contributed by atoms with Crippen LogP contribution in [-0.2, 0) is 0 Å². The molecule has 0 aliphatic rings. The van der Waals surface area contributed by atoms with E-state index in [0.29, 0.717) is 5.41 Å². The first-order chi connectivity index (χ1) is 20.2. The molecular weight excluding hydrogens is 492 g/mol. The van der Waals surface area contributed by atoms with Gasteiger partial charge in [0.2, 0.25) is 0 Å². The van der Waals surface area contributed by atoms with Gasteiger partial charge in [0, 0.05) is 0 Å². The van der Waals surface area contributed by atoms with Crippen molar-refractivity contribution < 1.29 is 0 Å². The summed E-state index contributed by atoms with van der Waals surface area (Å²) in [5, 5.41) is 0. The van der Waals surface area contributed by atoms with Crippen LogP contribution in [0.4, 0.5) is 0 Å². The van der Waals surface area contributed by atoms with Gasteiger partial charge in [-0.25, -0.2) is 0 Å². The smallest absolute Gasteiger partial charge is 0.0297 e. The van der Waals surface area contributed by atoms with Crippen LogP contribution in [0.5, 0.6) is 0 Å². The van der Waals surface area contributed by atoms with Crippen LogP contribution in [0.3, 0.4) is 0 Å². The third-order valence-corrected chi connectivity index (χ3v) is 10.2. The molecule has 0 saturated heterocycles. The molecule has 0 saturated carbocycles. The van der Waals surface area contributed by atoms with Crippen molar-refractivity contribution in [3.63, 3.8) is 0 Å². The fraction of sp³-hybridized carbons (Fsp3) is 1.00. The van der Waals surface area contributed by atoms with Crippen molar-refractivity contribution in [1.82, 2.24) is 0 Å². The summed E-state index contributed by atoms with van der Waals surface area (Å²) in [5.41, 5.74) is 0.676. The molecule has 0 N–H and O–H groups in total. The Morgan fingerprint density at radius 2 is 0.341 bits per heavy atom. The third-order valence-electron chi connectivity index (χ3n) is 10.2. The van der Waals surface area contributed by atoms with Crippen molar-refractivity contribution in [3.05, 3.63) is 0 Å².